The molecule has 1 heterocycles. The van der Waals surface area contributed by atoms with Crippen LogP contribution in [0.15, 0.2) is 24.3 Å². The zero-order valence-electron chi connectivity index (χ0n) is 8.33. The van der Waals surface area contributed by atoms with Crippen molar-refractivity contribution in [2.45, 2.75) is 18.9 Å². The molecule has 1 unspecified atom stereocenters. The number of rotatable bonds is 0. The van der Waals surface area contributed by atoms with E-state index in [1.54, 1.807) is 0 Å². The maximum absolute atomic E-state index is 6.09. The highest BCUT2D eigenvalue weighted by Crippen LogP contribution is 2.36. The first-order chi connectivity index (χ1) is 6.79. The number of nitrogens with two attached hydrogens (primary N) is 1. The maximum atomic E-state index is 6.09. The highest BCUT2D eigenvalue weighted by Gasteiger charge is 2.25. The molecule has 0 saturated carbocycles. The molecule has 2 nitrogen and oxygen atoms in total. The molecule has 0 spiro atoms. The quantitative estimate of drug-likeness (QED) is 0.671. The number of fused-ring (bicyclic) bond motifs is 3. The Bertz CT molecular complexity index is 496. The molecule has 3 rings (SSSR count). The van der Waals surface area contributed by atoms with E-state index in [-0.39, 0.29) is 6.04 Å². The predicted molar refractivity (Wildman–Crippen MR) is 58.2 cm³/mol. The lowest BCUT2D eigenvalue weighted by molar-refractivity contribution is 0.668. The second kappa shape index (κ2) is 2.61. The molecular formula is C12H14N2. The summed E-state index contributed by atoms with van der Waals surface area (Å²) in [6, 6.07) is 8.80. The molecule has 0 aliphatic heterocycles. The monoisotopic (exact) mass is 186 g/mol. The van der Waals surface area contributed by atoms with Crippen molar-refractivity contribution in [3.63, 3.8) is 0 Å². The molecule has 0 amide bonds. The van der Waals surface area contributed by atoms with Crippen molar-refractivity contribution in [3.8, 4) is 0 Å². The van der Waals surface area contributed by atoms with Crippen LogP contribution in [0.25, 0.3) is 10.9 Å². The Morgan fingerprint density at radius 3 is 3.00 bits per heavy atom. The number of nitrogens with zero attached hydrogens (tertiary/aromatic N) is 1. The van der Waals surface area contributed by atoms with Crippen molar-refractivity contribution < 1.29 is 0 Å². The minimum absolute atomic E-state index is 0.238. The van der Waals surface area contributed by atoms with Crippen LogP contribution in [0.1, 0.15) is 23.7 Å². The topological polar surface area (TPSA) is 30.9 Å². The summed E-state index contributed by atoms with van der Waals surface area (Å²) in [5.41, 5.74) is 10.2. The summed E-state index contributed by atoms with van der Waals surface area (Å²) in [5, 5.41) is 1.39. The average molecular weight is 186 g/mol. The van der Waals surface area contributed by atoms with Gasteiger partial charge in [-0.15, -0.1) is 0 Å². The fraction of sp³-hybridized carbons (Fsp3) is 0.333. The van der Waals surface area contributed by atoms with E-state index in [2.05, 4.69) is 35.9 Å². The lowest BCUT2D eigenvalue weighted by Crippen LogP contribution is -2.10. The average Bonchev–Trinajstić information content (AvgIpc) is 2.70. The largest absolute Gasteiger partial charge is 0.346 e. The van der Waals surface area contributed by atoms with E-state index in [0.717, 1.165) is 12.8 Å². The Labute approximate surface area is 83.3 Å². The summed E-state index contributed by atoms with van der Waals surface area (Å²) < 4.78 is 2.25. The molecule has 1 aliphatic carbocycles. The Morgan fingerprint density at radius 1 is 1.36 bits per heavy atom. The molecular weight excluding hydrogens is 172 g/mol. The summed E-state index contributed by atoms with van der Waals surface area (Å²) in [6.07, 6.45) is 2.24. The third-order valence-corrected chi connectivity index (χ3v) is 3.32. The minimum Gasteiger partial charge on any atom is -0.346 e. The van der Waals surface area contributed by atoms with E-state index >= 15 is 0 Å². The first kappa shape index (κ1) is 8.06. The first-order valence-electron chi connectivity index (χ1n) is 5.11. The number of hydrogen-bond acceptors (Lipinski definition) is 1. The molecule has 1 atom stereocenters. The molecule has 2 aromatic rings. The van der Waals surface area contributed by atoms with Crippen LogP contribution in [-0.4, -0.2) is 4.57 Å². The fourth-order valence-electron chi connectivity index (χ4n) is 2.66. The summed E-state index contributed by atoms with van der Waals surface area (Å²) in [6.45, 7) is 0. The highest BCUT2D eigenvalue weighted by molar-refractivity contribution is 5.86. The molecule has 0 saturated heterocycles. The Balaban J connectivity index is 2.45. The number of para-hydroxylation sites is 1. The Hall–Kier alpha value is -1.28. The van der Waals surface area contributed by atoms with Crippen molar-refractivity contribution in [2.24, 2.45) is 12.8 Å². The van der Waals surface area contributed by atoms with Gasteiger partial charge in [-0.05, 0) is 24.5 Å². The van der Waals surface area contributed by atoms with Gasteiger partial charge < -0.3 is 10.3 Å². The van der Waals surface area contributed by atoms with Crippen molar-refractivity contribution in [1.29, 1.82) is 0 Å². The molecule has 1 aromatic carbocycles. The van der Waals surface area contributed by atoms with Crippen LogP contribution >= 0.6 is 0 Å². The molecule has 0 radical (unpaired) electrons. The van der Waals surface area contributed by atoms with Gasteiger partial charge in [-0.25, -0.2) is 0 Å². The third-order valence-electron chi connectivity index (χ3n) is 3.32. The second-order valence-electron chi connectivity index (χ2n) is 4.09. The lowest BCUT2D eigenvalue weighted by Gasteiger charge is -2.06. The number of aryl methyl sites for hydroxylation is 2. The molecule has 14 heavy (non-hydrogen) atoms. The van der Waals surface area contributed by atoms with Crippen molar-refractivity contribution in [1.82, 2.24) is 4.57 Å². The summed E-state index contributed by atoms with van der Waals surface area (Å²) in [4.78, 5) is 0. The van der Waals surface area contributed by atoms with Gasteiger partial charge in [-0.2, -0.15) is 0 Å². The van der Waals surface area contributed by atoms with Crippen LogP contribution in [0, 0.1) is 0 Å². The van der Waals surface area contributed by atoms with Gasteiger partial charge in [-0.1, -0.05) is 18.2 Å². The van der Waals surface area contributed by atoms with Crippen LogP contribution in [0.3, 0.4) is 0 Å². The summed E-state index contributed by atoms with van der Waals surface area (Å²) in [5.74, 6) is 0. The Kier molecular flexibility index (Phi) is 1.50. The number of benzene rings is 1. The molecule has 1 aliphatic rings. The van der Waals surface area contributed by atoms with Gasteiger partial charge in [-0.3, -0.25) is 0 Å². The van der Waals surface area contributed by atoms with E-state index in [0.29, 0.717) is 0 Å². The zero-order valence-corrected chi connectivity index (χ0v) is 8.33. The molecule has 72 valence electrons. The normalized spacial score (nSPS) is 20.3. The first-order valence-corrected chi connectivity index (χ1v) is 5.11. The third kappa shape index (κ3) is 0.840. The molecule has 2 N–H and O–H groups in total. The fourth-order valence-corrected chi connectivity index (χ4v) is 2.66. The molecule has 1 aromatic heterocycles. The van der Waals surface area contributed by atoms with E-state index in [4.69, 9.17) is 5.73 Å². The van der Waals surface area contributed by atoms with Crippen LogP contribution in [0.5, 0.6) is 0 Å². The van der Waals surface area contributed by atoms with Crippen LogP contribution < -0.4 is 5.73 Å². The maximum Gasteiger partial charge on any atom is 0.0483 e. The van der Waals surface area contributed by atoms with Crippen molar-refractivity contribution in [3.05, 3.63) is 35.5 Å². The van der Waals surface area contributed by atoms with Crippen LogP contribution in [0.2, 0.25) is 0 Å². The van der Waals surface area contributed by atoms with Crippen LogP contribution in [0.4, 0.5) is 0 Å². The molecule has 0 bridgehead atoms. The van der Waals surface area contributed by atoms with Gasteiger partial charge in [0.05, 0.1) is 0 Å². The zero-order chi connectivity index (χ0) is 9.71. The standard InChI is InChI=1S/C12H14N2/c1-14-11-5-3-2-4-8(11)9-6-7-10(13)12(9)14/h2-5,10H,6-7,13H2,1H3. The molecule has 2 heteroatoms. The lowest BCUT2D eigenvalue weighted by atomic mass is 10.1. The number of hydrogen-bond donors (Lipinski definition) is 1. The smallest absolute Gasteiger partial charge is 0.0483 e. The Morgan fingerprint density at radius 2 is 2.14 bits per heavy atom. The van der Waals surface area contributed by atoms with Gasteiger partial charge in [0, 0.05) is 29.7 Å². The van der Waals surface area contributed by atoms with Crippen molar-refractivity contribution >= 4 is 10.9 Å². The van der Waals surface area contributed by atoms with Gasteiger partial charge in [0.15, 0.2) is 0 Å². The summed E-state index contributed by atoms with van der Waals surface area (Å²) >= 11 is 0. The van der Waals surface area contributed by atoms with E-state index < -0.39 is 0 Å². The summed E-state index contributed by atoms with van der Waals surface area (Å²) in [7, 11) is 2.12. The van der Waals surface area contributed by atoms with Gasteiger partial charge in [0.2, 0.25) is 0 Å². The predicted octanol–water partition coefficient (Wildman–Crippen LogP) is 2.12. The highest BCUT2D eigenvalue weighted by atomic mass is 15.0. The number of aromatic nitrogens is 1. The second-order valence-corrected chi connectivity index (χ2v) is 4.09. The van der Waals surface area contributed by atoms with Gasteiger partial charge in [0.25, 0.3) is 0 Å². The van der Waals surface area contributed by atoms with E-state index in [1.807, 2.05) is 0 Å². The van der Waals surface area contributed by atoms with Crippen LogP contribution in [-0.2, 0) is 13.5 Å². The van der Waals surface area contributed by atoms with Gasteiger partial charge >= 0.3 is 0 Å². The minimum atomic E-state index is 0.238. The van der Waals surface area contributed by atoms with Crippen molar-refractivity contribution in [2.75, 3.05) is 0 Å². The molecule has 0 fully saturated rings. The van der Waals surface area contributed by atoms with E-state index in [1.165, 1.54) is 22.2 Å². The van der Waals surface area contributed by atoms with E-state index in [9.17, 15) is 0 Å². The van der Waals surface area contributed by atoms with Gasteiger partial charge in [0.1, 0.15) is 0 Å². The SMILES string of the molecule is Cn1c2c(c3ccccc31)CCC2N.